The minimum Gasteiger partial charge on any atom is -0.491 e. The van der Waals surface area contributed by atoms with Gasteiger partial charge in [0, 0.05) is 11.8 Å². The second-order valence-corrected chi connectivity index (χ2v) is 2.56. The van der Waals surface area contributed by atoms with Crippen molar-refractivity contribution >= 4 is 0 Å². The van der Waals surface area contributed by atoms with Crippen molar-refractivity contribution in [2.75, 3.05) is 7.11 Å². The maximum absolute atomic E-state index is 12.4. The average Bonchev–Trinajstić information content (AvgIpc) is 2.16. The molecule has 0 unspecified atom stereocenters. The molecule has 1 aromatic rings. The second-order valence-electron chi connectivity index (χ2n) is 2.56. The van der Waals surface area contributed by atoms with E-state index >= 15 is 0 Å². The first kappa shape index (κ1) is 10.6. The lowest BCUT2D eigenvalue weighted by molar-refractivity contribution is 0.140. The molecule has 1 heterocycles. The summed E-state index contributed by atoms with van der Waals surface area (Å²) >= 11 is 0. The zero-order valence-corrected chi connectivity index (χ0v) is 7.38. The van der Waals surface area contributed by atoms with Crippen LogP contribution in [0.25, 0.3) is 0 Å². The van der Waals surface area contributed by atoms with E-state index < -0.39 is 29.9 Å². The van der Waals surface area contributed by atoms with Crippen LogP contribution in [0.5, 0.6) is 5.75 Å². The number of alkyl halides is 2. The number of aliphatic hydroxyl groups excluding tert-OH is 1. The number of H-pyrrole nitrogens is 1. The molecule has 0 radical (unpaired) electrons. The molecule has 14 heavy (non-hydrogen) atoms. The molecule has 0 atom stereocenters. The Kier molecular flexibility index (Phi) is 3.19. The van der Waals surface area contributed by atoms with E-state index in [-0.39, 0.29) is 5.69 Å². The van der Waals surface area contributed by atoms with Gasteiger partial charge in [0.15, 0.2) is 5.75 Å². The lowest BCUT2D eigenvalue weighted by Gasteiger charge is -2.08. The fraction of sp³-hybridized carbons (Fsp3) is 0.375. The van der Waals surface area contributed by atoms with Crippen LogP contribution in [0.1, 0.15) is 17.8 Å². The third-order valence-corrected chi connectivity index (χ3v) is 1.66. The molecule has 0 fully saturated rings. The van der Waals surface area contributed by atoms with E-state index in [9.17, 15) is 13.6 Å². The summed E-state index contributed by atoms with van der Waals surface area (Å²) in [5.41, 5.74) is -1.25. The molecule has 0 aliphatic rings. The van der Waals surface area contributed by atoms with Crippen LogP contribution in [-0.2, 0) is 6.61 Å². The predicted molar refractivity (Wildman–Crippen MR) is 44.5 cm³/mol. The van der Waals surface area contributed by atoms with Crippen LogP contribution >= 0.6 is 0 Å². The molecule has 1 rings (SSSR count). The van der Waals surface area contributed by atoms with Gasteiger partial charge in [0.25, 0.3) is 6.43 Å². The molecule has 1 aromatic heterocycles. The van der Waals surface area contributed by atoms with Gasteiger partial charge >= 0.3 is 0 Å². The van der Waals surface area contributed by atoms with Crippen LogP contribution < -0.4 is 10.2 Å². The molecule has 0 aromatic carbocycles. The molecule has 0 amide bonds. The topological polar surface area (TPSA) is 62.3 Å². The van der Waals surface area contributed by atoms with Crippen molar-refractivity contribution in [3.8, 4) is 5.75 Å². The average molecular weight is 205 g/mol. The Morgan fingerprint density at radius 2 is 2.29 bits per heavy atom. The summed E-state index contributed by atoms with van der Waals surface area (Å²) < 4.78 is 29.3. The molecule has 0 saturated carbocycles. The number of hydrogen-bond donors (Lipinski definition) is 2. The van der Waals surface area contributed by atoms with Gasteiger partial charge < -0.3 is 14.8 Å². The summed E-state index contributed by atoms with van der Waals surface area (Å²) in [7, 11) is 1.13. The molecule has 0 saturated heterocycles. The van der Waals surface area contributed by atoms with Crippen molar-refractivity contribution in [2.24, 2.45) is 0 Å². The van der Waals surface area contributed by atoms with Crippen molar-refractivity contribution in [1.29, 1.82) is 0 Å². The van der Waals surface area contributed by atoms with E-state index in [0.717, 1.165) is 13.2 Å². The summed E-state index contributed by atoms with van der Waals surface area (Å²) in [5.74, 6) is -0.419. The Morgan fingerprint density at radius 3 is 2.71 bits per heavy atom. The van der Waals surface area contributed by atoms with Crippen LogP contribution in [0.2, 0.25) is 0 Å². The Balaban J connectivity index is 3.36. The van der Waals surface area contributed by atoms with Gasteiger partial charge in [-0.3, -0.25) is 4.79 Å². The zero-order chi connectivity index (χ0) is 10.7. The first-order valence-corrected chi connectivity index (χ1v) is 3.79. The highest BCUT2D eigenvalue weighted by molar-refractivity contribution is 5.30. The van der Waals surface area contributed by atoms with E-state index in [1.54, 1.807) is 0 Å². The number of aromatic nitrogens is 1. The van der Waals surface area contributed by atoms with Crippen molar-refractivity contribution < 1.29 is 18.6 Å². The minimum absolute atomic E-state index is 0.0334. The van der Waals surface area contributed by atoms with Crippen LogP contribution in [0.4, 0.5) is 8.78 Å². The highest BCUT2D eigenvalue weighted by atomic mass is 19.3. The Labute approximate surface area is 78.1 Å². The highest BCUT2D eigenvalue weighted by Gasteiger charge is 2.18. The molecule has 78 valence electrons. The SMILES string of the molecule is COc1c(C(F)F)[nH]c(CO)cc1=O. The molecule has 0 aliphatic carbocycles. The number of methoxy groups -OCH3 is 1. The molecule has 4 nitrogen and oxygen atoms in total. The summed E-state index contributed by atoms with van der Waals surface area (Å²) in [4.78, 5) is 13.4. The lowest BCUT2D eigenvalue weighted by atomic mass is 10.2. The second kappa shape index (κ2) is 4.19. The maximum atomic E-state index is 12.4. The quantitative estimate of drug-likeness (QED) is 0.767. The number of nitrogens with one attached hydrogen (secondary N) is 1. The molecule has 6 heteroatoms. The van der Waals surface area contributed by atoms with Crippen molar-refractivity contribution in [2.45, 2.75) is 13.0 Å². The van der Waals surface area contributed by atoms with Gasteiger partial charge in [0.1, 0.15) is 5.69 Å². The van der Waals surface area contributed by atoms with E-state index in [2.05, 4.69) is 9.72 Å². The number of hydrogen-bond acceptors (Lipinski definition) is 3. The summed E-state index contributed by atoms with van der Waals surface area (Å²) in [5, 5.41) is 8.68. The van der Waals surface area contributed by atoms with Crippen LogP contribution in [-0.4, -0.2) is 17.2 Å². The fourth-order valence-electron chi connectivity index (χ4n) is 1.07. The number of rotatable bonds is 3. The van der Waals surface area contributed by atoms with Gasteiger partial charge in [0.05, 0.1) is 13.7 Å². The fourth-order valence-corrected chi connectivity index (χ4v) is 1.07. The van der Waals surface area contributed by atoms with E-state index in [0.29, 0.717) is 0 Å². The Hall–Kier alpha value is -1.43. The number of ether oxygens (including phenoxy) is 1. The highest BCUT2D eigenvalue weighted by Crippen LogP contribution is 2.23. The molecular formula is C8H9F2NO3. The van der Waals surface area contributed by atoms with Gasteiger partial charge in [-0.25, -0.2) is 8.78 Å². The summed E-state index contributed by atoms with van der Waals surface area (Å²) in [6, 6.07) is 1.02. The first-order chi connectivity index (χ1) is 6.60. The van der Waals surface area contributed by atoms with E-state index in [4.69, 9.17) is 5.11 Å². The van der Waals surface area contributed by atoms with Crippen molar-refractivity contribution in [3.63, 3.8) is 0 Å². The van der Waals surface area contributed by atoms with Gasteiger partial charge in [-0.1, -0.05) is 0 Å². The smallest absolute Gasteiger partial charge is 0.282 e. The van der Waals surface area contributed by atoms with E-state index in [1.165, 1.54) is 0 Å². The zero-order valence-electron chi connectivity index (χ0n) is 7.38. The molecule has 2 N–H and O–H groups in total. The summed E-state index contributed by atoms with van der Waals surface area (Å²) in [6.45, 7) is -0.501. The van der Waals surface area contributed by atoms with Crippen LogP contribution in [0, 0.1) is 0 Å². The monoisotopic (exact) mass is 205 g/mol. The molecule has 0 bridgehead atoms. The minimum atomic E-state index is -2.84. The van der Waals surface area contributed by atoms with Crippen molar-refractivity contribution in [3.05, 3.63) is 27.7 Å². The number of aliphatic hydroxyl groups is 1. The Bertz CT molecular complexity index is 375. The molecular weight excluding hydrogens is 196 g/mol. The summed E-state index contributed by atoms with van der Waals surface area (Å²) in [6.07, 6.45) is -2.84. The van der Waals surface area contributed by atoms with Crippen molar-refractivity contribution in [1.82, 2.24) is 4.98 Å². The predicted octanol–water partition coefficient (Wildman–Crippen LogP) is 0.813. The molecule has 0 spiro atoms. The van der Waals surface area contributed by atoms with Gasteiger partial charge in [-0.15, -0.1) is 0 Å². The van der Waals surface area contributed by atoms with Gasteiger partial charge in [-0.05, 0) is 0 Å². The standard InChI is InChI=1S/C8H9F2NO3/c1-14-7-5(13)2-4(3-12)11-6(7)8(9)10/h2,8,12H,3H2,1H3,(H,11,13). The number of halogens is 2. The third-order valence-electron chi connectivity index (χ3n) is 1.66. The van der Waals surface area contributed by atoms with Crippen LogP contribution in [0.3, 0.4) is 0 Å². The Morgan fingerprint density at radius 1 is 1.64 bits per heavy atom. The maximum Gasteiger partial charge on any atom is 0.282 e. The van der Waals surface area contributed by atoms with Gasteiger partial charge in [-0.2, -0.15) is 0 Å². The number of aromatic amines is 1. The molecule has 0 aliphatic heterocycles. The largest absolute Gasteiger partial charge is 0.491 e. The van der Waals surface area contributed by atoms with Crippen LogP contribution in [0.15, 0.2) is 10.9 Å². The normalized spacial score (nSPS) is 10.6. The third kappa shape index (κ3) is 1.90. The van der Waals surface area contributed by atoms with Gasteiger partial charge in [0.2, 0.25) is 5.43 Å². The lowest BCUT2D eigenvalue weighted by Crippen LogP contribution is -2.12. The number of pyridine rings is 1. The van der Waals surface area contributed by atoms with E-state index in [1.807, 2.05) is 0 Å². The first-order valence-electron chi connectivity index (χ1n) is 3.79.